The fourth-order valence-electron chi connectivity index (χ4n) is 2.08. The van der Waals surface area contributed by atoms with Gasteiger partial charge in [0.25, 0.3) is 0 Å². The number of hydrogen-bond donors (Lipinski definition) is 1. The van der Waals surface area contributed by atoms with Gasteiger partial charge in [-0.05, 0) is 30.5 Å². The summed E-state index contributed by atoms with van der Waals surface area (Å²) >= 11 is 1.73. The number of rotatable bonds is 7. The third kappa shape index (κ3) is 3.27. The Kier molecular flexibility index (Phi) is 6.22. The lowest BCUT2D eigenvalue weighted by Crippen LogP contribution is -2.50. The maximum absolute atomic E-state index is 12.2. The molecule has 0 amide bonds. The molecule has 0 saturated heterocycles. The van der Waals surface area contributed by atoms with E-state index in [-0.39, 0.29) is 5.97 Å². The number of benzene rings is 1. The molecule has 1 rings (SSSR count). The molecule has 18 heavy (non-hydrogen) atoms. The summed E-state index contributed by atoms with van der Waals surface area (Å²) in [6, 6.07) is 9.79. The van der Waals surface area contributed by atoms with Crippen molar-refractivity contribution in [2.24, 2.45) is 0 Å². The van der Waals surface area contributed by atoms with Crippen molar-refractivity contribution < 1.29 is 9.53 Å². The highest BCUT2D eigenvalue weighted by atomic mass is 32.2. The molecular weight excluding hydrogens is 246 g/mol. The zero-order chi connectivity index (χ0) is 13.4. The van der Waals surface area contributed by atoms with E-state index in [1.165, 1.54) is 7.11 Å². The highest BCUT2D eigenvalue weighted by Gasteiger charge is 2.39. The number of methoxy groups -OCH3 is 1. The first-order valence-corrected chi connectivity index (χ1v) is 7.48. The molecule has 0 aliphatic carbocycles. The van der Waals surface area contributed by atoms with E-state index < -0.39 is 5.54 Å². The molecule has 0 radical (unpaired) electrons. The molecule has 1 atom stereocenters. The smallest absolute Gasteiger partial charge is 0.330 e. The predicted molar refractivity (Wildman–Crippen MR) is 76.8 cm³/mol. The Bertz CT molecular complexity index is 369. The van der Waals surface area contributed by atoms with Crippen LogP contribution in [0.2, 0.25) is 0 Å². The first-order chi connectivity index (χ1) is 8.71. The van der Waals surface area contributed by atoms with Crippen molar-refractivity contribution in [1.29, 1.82) is 0 Å². The third-order valence-electron chi connectivity index (χ3n) is 2.96. The number of carbonyl (C=O) groups is 1. The van der Waals surface area contributed by atoms with Gasteiger partial charge in [-0.2, -0.15) is 11.8 Å². The maximum atomic E-state index is 12.2. The van der Waals surface area contributed by atoms with E-state index in [1.807, 2.05) is 43.5 Å². The summed E-state index contributed by atoms with van der Waals surface area (Å²) in [4.78, 5) is 12.2. The Morgan fingerprint density at radius 1 is 1.39 bits per heavy atom. The molecule has 0 heterocycles. The minimum atomic E-state index is -0.728. The largest absolute Gasteiger partial charge is 0.467 e. The summed E-state index contributed by atoms with van der Waals surface area (Å²) in [6.07, 6.45) is 2.76. The molecule has 0 saturated carbocycles. The molecule has 0 aliphatic heterocycles. The molecule has 0 aromatic heterocycles. The average molecular weight is 267 g/mol. The summed E-state index contributed by atoms with van der Waals surface area (Å²) in [5.74, 6) is 0.682. The van der Waals surface area contributed by atoms with Crippen LogP contribution in [0.25, 0.3) is 0 Å². The van der Waals surface area contributed by atoms with Crippen molar-refractivity contribution in [2.45, 2.75) is 18.9 Å². The summed E-state index contributed by atoms with van der Waals surface area (Å²) in [6.45, 7) is 2.72. The molecule has 1 aromatic carbocycles. The minimum absolute atomic E-state index is 0.218. The van der Waals surface area contributed by atoms with E-state index in [0.717, 1.165) is 24.3 Å². The number of hydrogen-bond acceptors (Lipinski definition) is 4. The summed E-state index contributed by atoms with van der Waals surface area (Å²) in [5.41, 5.74) is 0.237. The zero-order valence-corrected chi connectivity index (χ0v) is 12.0. The van der Waals surface area contributed by atoms with Crippen LogP contribution in [0.5, 0.6) is 0 Å². The molecule has 1 aromatic rings. The highest BCUT2D eigenvalue weighted by molar-refractivity contribution is 7.98. The number of esters is 1. The van der Waals surface area contributed by atoms with E-state index >= 15 is 0 Å². The topological polar surface area (TPSA) is 38.3 Å². The molecule has 1 unspecified atom stereocenters. The number of ether oxygens (including phenoxy) is 1. The van der Waals surface area contributed by atoms with Crippen molar-refractivity contribution in [2.75, 3.05) is 25.7 Å². The van der Waals surface area contributed by atoms with Crippen molar-refractivity contribution in [3.05, 3.63) is 35.9 Å². The van der Waals surface area contributed by atoms with Gasteiger partial charge in [-0.15, -0.1) is 0 Å². The van der Waals surface area contributed by atoms with E-state index in [1.54, 1.807) is 11.8 Å². The second kappa shape index (κ2) is 7.44. The van der Waals surface area contributed by atoms with Gasteiger partial charge in [0.2, 0.25) is 0 Å². The first kappa shape index (κ1) is 15.1. The number of likely N-dealkylation sites (N-methyl/N-ethyl adjacent to an activating group) is 1. The van der Waals surface area contributed by atoms with E-state index in [0.29, 0.717) is 0 Å². The summed E-state index contributed by atoms with van der Waals surface area (Å²) in [7, 11) is 1.44. The monoisotopic (exact) mass is 267 g/mol. The van der Waals surface area contributed by atoms with E-state index in [9.17, 15) is 4.79 Å². The number of nitrogens with one attached hydrogen (secondary N) is 1. The van der Waals surface area contributed by atoms with Crippen LogP contribution in [-0.2, 0) is 15.1 Å². The SMILES string of the molecule is CCNC(CCSC)(C(=O)OC)c1ccccc1. The summed E-state index contributed by atoms with van der Waals surface area (Å²) < 4.78 is 5.01. The maximum Gasteiger partial charge on any atom is 0.330 e. The van der Waals surface area contributed by atoms with Gasteiger partial charge < -0.3 is 4.74 Å². The molecule has 100 valence electrons. The van der Waals surface area contributed by atoms with Crippen molar-refractivity contribution >= 4 is 17.7 Å². The Hall–Kier alpha value is -1.00. The molecule has 0 fully saturated rings. The molecule has 0 spiro atoms. The minimum Gasteiger partial charge on any atom is -0.467 e. The van der Waals surface area contributed by atoms with Gasteiger partial charge in [-0.3, -0.25) is 5.32 Å². The Labute approximate surface area is 113 Å². The second-order valence-electron chi connectivity index (χ2n) is 4.04. The van der Waals surface area contributed by atoms with E-state index in [4.69, 9.17) is 4.74 Å². The molecule has 1 N–H and O–H groups in total. The molecule has 0 bridgehead atoms. The van der Waals surface area contributed by atoms with Crippen LogP contribution < -0.4 is 5.32 Å². The van der Waals surface area contributed by atoms with Crippen molar-refractivity contribution in [3.8, 4) is 0 Å². The number of carbonyl (C=O) groups excluding carboxylic acids is 1. The van der Waals surface area contributed by atoms with Gasteiger partial charge in [0.1, 0.15) is 5.54 Å². The van der Waals surface area contributed by atoms with Crippen LogP contribution in [0.1, 0.15) is 18.9 Å². The Morgan fingerprint density at radius 2 is 2.06 bits per heavy atom. The number of thioether (sulfide) groups is 1. The predicted octanol–water partition coefficient (Wildman–Crippen LogP) is 2.42. The van der Waals surface area contributed by atoms with Gasteiger partial charge in [0, 0.05) is 0 Å². The van der Waals surface area contributed by atoms with Crippen LogP contribution in [0.3, 0.4) is 0 Å². The van der Waals surface area contributed by atoms with Gasteiger partial charge in [-0.25, -0.2) is 4.79 Å². The first-order valence-electron chi connectivity index (χ1n) is 6.09. The molecular formula is C14H21NO2S. The normalized spacial score (nSPS) is 13.9. The van der Waals surface area contributed by atoms with Gasteiger partial charge in [0.15, 0.2) is 0 Å². The molecule has 4 heteroatoms. The molecule has 3 nitrogen and oxygen atoms in total. The summed E-state index contributed by atoms with van der Waals surface area (Å²) in [5, 5.41) is 3.31. The Balaban J connectivity index is 3.15. The fraction of sp³-hybridized carbons (Fsp3) is 0.500. The van der Waals surface area contributed by atoms with Crippen molar-refractivity contribution in [3.63, 3.8) is 0 Å². The fourth-order valence-corrected chi connectivity index (χ4v) is 2.59. The zero-order valence-electron chi connectivity index (χ0n) is 11.2. The van der Waals surface area contributed by atoms with Gasteiger partial charge >= 0.3 is 5.97 Å². The molecule has 0 aliphatic rings. The van der Waals surface area contributed by atoms with E-state index in [2.05, 4.69) is 5.32 Å². The lowest BCUT2D eigenvalue weighted by atomic mass is 9.87. The average Bonchev–Trinajstić information content (AvgIpc) is 2.43. The van der Waals surface area contributed by atoms with Crippen LogP contribution in [0.15, 0.2) is 30.3 Å². The quantitative estimate of drug-likeness (QED) is 0.770. The van der Waals surface area contributed by atoms with Crippen LogP contribution in [0, 0.1) is 0 Å². The van der Waals surface area contributed by atoms with Crippen molar-refractivity contribution in [1.82, 2.24) is 5.32 Å². The van der Waals surface area contributed by atoms with Crippen LogP contribution in [-0.4, -0.2) is 31.6 Å². The lowest BCUT2D eigenvalue weighted by molar-refractivity contribution is -0.149. The standard InChI is InChI=1S/C14H21NO2S/c1-4-15-14(10-11-18-3,13(16)17-2)12-8-6-5-7-9-12/h5-9,15H,4,10-11H2,1-3H3. The Morgan fingerprint density at radius 3 is 2.56 bits per heavy atom. The van der Waals surface area contributed by atoms with Crippen LogP contribution in [0.4, 0.5) is 0 Å². The van der Waals surface area contributed by atoms with Crippen LogP contribution >= 0.6 is 11.8 Å². The third-order valence-corrected chi connectivity index (χ3v) is 3.57. The van der Waals surface area contributed by atoms with Gasteiger partial charge in [0.05, 0.1) is 7.11 Å². The second-order valence-corrected chi connectivity index (χ2v) is 5.02. The highest BCUT2D eigenvalue weighted by Crippen LogP contribution is 2.28. The van der Waals surface area contributed by atoms with Gasteiger partial charge in [-0.1, -0.05) is 37.3 Å². The lowest BCUT2D eigenvalue weighted by Gasteiger charge is -2.32.